The number of hydrogen-bond acceptors (Lipinski definition) is 6. The van der Waals surface area contributed by atoms with Gasteiger partial charge in [0.1, 0.15) is 5.15 Å². The summed E-state index contributed by atoms with van der Waals surface area (Å²) in [5.74, 6) is 0.999. The largest absolute Gasteiger partial charge is 0.454 e. The third-order valence-electron chi connectivity index (χ3n) is 6.39. The zero-order valence-corrected chi connectivity index (χ0v) is 17.0. The fourth-order valence-corrected chi connectivity index (χ4v) is 5.31. The Hall–Kier alpha value is -2.86. The van der Waals surface area contributed by atoms with E-state index in [1.165, 1.54) is 0 Å². The van der Waals surface area contributed by atoms with Gasteiger partial charge in [0.2, 0.25) is 6.79 Å². The number of rotatable bonds is 1. The van der Waals surface area contributed by atoms with Crippen LogP contribution in [0.2, 0.25) is 5.15 Å². The molecule has 6 nitrogen and oxygen atoms in total. The second-order valence-electron chi connectivity index (χ2n) is 8.16. The van der Waals surface area contributed by atoms with Crippen molar-refractivity contribution in [1.82, 2.24) is 10.3 Å². The van der Waals surface area contributed by atoms with E-state index >= 15 is 0 Å². The maximum absolute atomic E-state index is 13.0. The van der Waals surface area contributed by atoms with Gasteiger partial charge in [0.25, 0.3) is 0 Å². The number of aromatic nitrogens is 1. The molecule has 0 saturated heterocycles. The summed E-state index contributed by atoms with van der Waals surface area (Å²) in [5, 5.41) is 4.58. The molecule has 0 saturated carbocycles. The van der Waals surface area contributed by atoms with E-state index in [2.05, 4.69) is 10.3 Å². The molecule has 7 heteroatoms. The molecule has 30 heavy (non-hydrogen) atoms. The van der Waals surface area contributed by atoms with Crippen LogP contribution in [-0.2, 0) is 9.59 Å². The van der Waals surface area contributed by atoms with Crippen molar-refractivity contribution in [3.05, 3.63) is 51.5 Å². The zero-order valence-electron chi connectivity index (χ0n) is 16.2. The van der Waals surface area contributed by atoms with Crippen molar-refractivity contribution >= 4 is 34.1 Å². The predicted molar refractivity (Wildman–Crippen MR) is 111 cm³/mol. The SMILES string of the molecule is O=C1CCCC2=C1C(c1cc3cc4c(cc3nc1Cl)OCO4)C1=C(CCCC1=O)N2. The summed E-state index contributed by atoms with van der Waals surface area (Å²) in [5.41, 5.74) is 4.63. The highest BCUT2D eigenvalue weighted by Gasteiger charge is 2.41. The second kappa shape index (κ2) is 6.57. The summed E-state index contributed by atoms with van der Waals surface area (Å²) >= 11 is 6.67. The van der Waals surface area contributed by atoms with E-state index in [-0.39, 0.29) is 18.4 Å². The molecule has 0 unspecified atom stereocenters. The summed E-state index contributed by atoms with van der Waals surface area (Å²) in [7, 11) is 0. The van der Waals surface area contributed by atoms with Gasteiger partial charge in [-0.3, -0.25) is 9.59 Å². The smallest absolute Gasteiger partial charge is 0.231 e. The molecule has 0 atom stereocenters. The fourth-order valence-electron chi connectivity index (χ4n) is 5.05. The molecule has 0 fully saturated rings. The molecule has 2 aliphatic carbocycles. The number of carbonyl (C=O) groups excluding carboxylic acids is 2. The molecule has 2 aliphatic heterocycles. The first-order valence-electron chi connectivity index (χ1n) is 10.3. The average molecular weight is 423 g/mol. The Morgan fingerprint density at radius 3 is 2.20 bits per heavy atom. The molecule has 0 bridgehead atoms. The van der Waals surface area contributed by atoms with Gasteiger partial charge in [-0.2, -0.15) is 0 Å². The monoisotopic (exact) mass is 422 g/mol. The highest BCUT2D eigenvalue weighted by atomic mass is 35.5. The minimum atomic E-state index is -0.466. The Bertz CT molecular complexity index is 1170. The third-order valence-corrected chi connectivity index (χ3v) is 6.69. The van der Waals surface area contributed by atoms with Crippen LogP contribution in [0.4, 0.5) is 0 Å². The van der Waals surface area contributed by atoms with Crippen LogP contribution < -0.4 is 14.8 Å². The number of hydrogen-bond donors (Lipinski definition) is 1. The van der Waals surface area contributed by atoms with Gasteiger partial charge in [0, 0.05) is 58.3 Å². The molecule has 2 aromatic rings. The third kappa shape index (κ3) is 2.59. The Kier molecular flexibility index (Phi) is 3.93. The van der Waals surface area contributed by atoms with Gasteiger partial charge in [-0.25, -0.2) is 4.98 Å². The van der Waals surface area contributed by atoms with E-state index in [1.807, 2.05) is 18.2 Å². The number of nitrogens with zero attached hydrogens (tertiary/aromatic N) is 1. The van der Waals surface area contributed by atoms with Crippen LogP contribution in [-0.4, -0.2) is 23.3 Å². The number of pyridine rings is 1. The second-order valence-corrected chi connectivity index (χ2v) is 8.52. The normalized spacial score (nSPS) is 21.1. The lowest BCUT2D eigenvalue weighted by atomic mass is 9.72. The number of allylic oxidation sites excluding steroid dienone is 4. The molecule has 3 heterocycles. The van der Waals surface area contributed by atoms with E-state index in [0.29, 0.717) is 51.7 Å². The van der Waals surface area contributed by atoms with Crippen molar-refractivity contribution in [2.75, 3.05) is 6.79 Å². The number of halogens is 1. The first-order chi connectivity index (χ1) is 14.6. The molecule has 4 aliphatic rings. The molecular formula is C23H19ClN2O4. The predicted octanol–water partition coefficient (Wildman–Crippen LogP) is 4.32. The number of carbonyl (C=O) groups is 2. The quantitative estimate of drug-likeness (QED) is 0.690. The number of dihydropyridines is 1. The molecule has 1 aromatic carbocycles. The van der Waals surface area contributed by atoms with E-state index in [0.717, 1.165) is 42.5 Å². The minimum absolute atomic E-state index is 0.0838. The Morgan fingerprint density at radius 1 is 0.900 bits per heavy atom. The molecule has 0 amide bonds. The van der Waals surface area contributed by atoms with Crippen LogP contribution in [0.3, 0.4) is 0 Å². The van der Waals surface area contributed by atoms with E-state index in [1.54, 1.807) is 0 Å². The maximum Gasteiger partial charge on any atom is 0.231 e. The summed E-state index contributed by atoms with van der Waals surface area (Å²) in [6.45, 7) is 0.177. The number of ether oxygens (including phenoxy) is 2. The van der Waals surface area contributed by atoms with Crippen LogP contribution >= 0.6 is 11.6 Å². The highest BCUT2D eigenvalue weighted by molar-refractivity contribution is 6.31. The first-order valence-corrected chi connectivity index (χ1v) is 10.7. The lowest BCUT2D eigenvalue weighted by Gasteiger charge is -2.37. The van der Waals surface area contributed by atoms with Crippen LogP contribution in [0.25, 0.3) is 10.9 Å². The van der Waals surface area contributed by atoms with Crippen molar-refractivity contribution in [2.45, 2.75) is 44.4 Å². The summed E-state index contributed by atoms with van der Waals surface area (Å²) in [6, 6.07) is 5.63. The molecule has 6 rings (SSSR count). The van der Waals surface area contributed by atoms with Crippen LogP contribution in [0.15, 0.2) is 40.7 Å². The summed E-state index contributed by atoms with van der Waals surface area (Å²) in [6.07, 6.45) is 4.23. The van der Waals surface area contributed by atoms with Crippen molar-refractivity contribution in [3.8, 4) is 11.5 Å². The van der Waals surface area contributed by atoms with Crippen molar-refractivity contribution < 1.29 is 19.1 Å². The lowest BCUT2D eigenvalue weighted by molar-refractivity contribution is -0.116. The Balaban J connectivity index is 1.59. The average Bonchev–Trinajstić information content (AvgIpc) is 3.18. The van der Waals surface area contributed by atoms with E-state index in [9.17, 15) is 9.59 Å². The van der Waals surface area contributed by atoms with Gasteiger partial charge in [-0.15, -0.1) is 0 Å². The van der Waals surface area contributed by atoms with Gasteiger partial charge in [0.05, 0.1) is 5.52 Å². The number of nitrogens with one attached hydrogen (secondary N) is 1. The molecule has 1 N–H and O–H groups in total. The summed E-state index contributed by atoms with van der Waals surface area (Å²) < 4.78 is 11.0. The fraction of sp³-hybridized carbons (Fsp3) is 0.348. The molecule has 0 radical (unpaired) electrons. The Morgan fingerprint density at radius 2 is 1.53 bits per heavy atom. The zero-order chi connectivity index (χ0) is 20.4. The molecule has 1 aromatic heterocycles. The maximum atomic E-state index is 13.0. The van der Waals surface area contributed by atoms with E-state index in [4.69, 9.17) is 21.1 Å². The minimum Gasteiger partial charge on any atom is -0.454 e. The number of benzene rings is 1. The van der Waals surface area contributed by atoms with Gasteiger partial charge < -0.3 is 14.8 Å². The first kappa shape index (κ1) is 18.0. The van der Waals surface area contributed by atoms with Gasteiger partial charge in [0.15, 0.2) is 23.1 Å². The van der Waals surface area contributed by atoms with Crippen molar-refractivity contribution in [2.24, 2.45) is 0 Å². The van der Waals surface area contributed by atoms with E-state index < -0.39 is 5.92 Å². The Labute approximate surface area is 177 Å². The number of ketones is 2. The highest BCUT2D eigenvalue weighted by Crippen LogP contribution is 2.47. The molecule has 0 spiro atoms. The van der Waals surface area contributed by atoms with Crippen molar-refractivity contribution in [1.29, 1.82) is 0 Å². The van der Waals surface area contributed by atoms with Crippen LogP contribution in [0.1, 0.15) is 50.0 Å². The topological polar surface area (TPSA) is 77.5 Å². The molecular weight excluding hydrogens is 404 g/mol. The van der Waals surface area contributed by atoms with Crippen LogP contribution in [0, 0.1) is 0 Å². The summed E-state index contributed by atoms with van der Waals surface area (Å²) in [4.78, 5) is 30.6. The number of fused-ring (bicyclic) bond motifs is 2. The molecule has 152 valence electrons. The van der Waals surface area contributed by atoms with Crippen molar-refractivity contribution in [3.63, 3.8) is 0 Å². The van der Waals surface area contributed by atoms with Gasteiger partial charge in [-0.05, 0) is 37.8 Å². The van der Waals surface area contributed by atoms with Gasteiger partial charge >= 0.3 is 0 Å². The standard InChI is InChI=1S/C23H19ClN2O4/c24-23-12(7-11-8-18-19(30-10-29-18)9-15(11)26-23)20-21-13(3-1-5-16(21)27)25-14-4-2-6-17(28)22(14)20/h7-9,20,25H,1-6,10H2. The number of Topliss-reactive ketones (excluding diaryl/α,β-unsaturated/α-hetero) is 2. The van der Waals surface area contributed by atoms with Crippen LogP contribution in [0.5, 0.6) is 11.5 Å². The lowest BCUT2D eigenvalue weighted by Crippen LogP contribution is -2.36. The van der Waals surface area contributed by atoms with Gasteiger partial charge in [-0.1, -0.05) is 11.6 Å².